The molecule has 0 amide bonds. The van der Waals surface area contributed by atoms with E-state index in [1.807, 2.05) is 6.92 Å². The number of hydrogen-bond donors (Lipinski definition) is 1. The van der Waals surface area contributed by atoms with Crippen LogP contribution in [0.5, 0.6) is 0 Å². The summed E-state index contributed by atoms with van der Waals surface area (Å²) in [5.74, 6) is 0.840. The summed E-state index contributed by atoms with van der Waals surface area (Å²) in [4.78, 5) is 8.70. The molecule has 2 aromatic rings. The van der Waals surface area contributed by atoms with Crippen molar-refractivity contribution in [3.05, 3.63) is 38.7 Å². The molecule has 0 atom stereocenters. The molecule has 0 bridgehead atoms. The third-order valence-electron chi connectivity index (χ3n) is 2.37. The Morgan fingerprint density at radius 1 is 1.17 bits per heavy atom. The van der Waals surface area contributed by atoms with E-state index in [4.69, 9.17) is 0 Å². The second-order valence-electron chi connectivity index (χ2n) is 3.70. The van der Waals surface area contributed by atoms with Gasteiger partial charge >= 0.3 is 0 Å². The number of rotatable bonds is 2. The molecule has 0 fully saturated rings. The highest BCUT2D eigenvalue weighted by molar-refractivity contribution is 9.11. The van der Waals surface area contributed by atoms with E-state index < -0.39 is 0 Å². The normalized spacial score (nSPS) is 10.5. The van der Waals surface area contributed by atoms with Crippen LogP contribution in [0.1, 0.15) is 5.69 Å². The van der Waals surface area contributed by atoms with Crippen LogP contribution < -0.4 is 5.32 Å². The number of halogens is 3. The molecule has 0 radical (unpaired) electrons. The van der Waals surface area contributed by atoms with Gasteiger partial charge < -0.3 is 5.32 Å². The molecule has 0 aliphatic rings. The van der Waals surface area contributed by atoms with Crippen molar-refractivity contribution in [3.8, 4) is 11.4 Å². The van der Waals surface area contributed by atoms with Crippen LogP contribution in [0.3, 0.4) is 0 Å². The van der Waals surface area contributed by atoms with Crippen LogP contribution in [0.15, 0.2) is 27.1 Å². The van der Waals surface area contributed by atoms with Gasteiger partial charge in [0.1, 0.15) is 11.6 Å². The maximum absolute atomic E-state index is 13.4. The molecule has 1 aromatic carbocycles. The highest BCUT2D eigenvalue weighted by atomic mass is 79.9. The van der Waals surface area contributed by atoms with Crippen LogP contribution in [-0.4, -0.2) is 17.0 Å². The highest BCUT2D eigenvalue weighted by Crippen LogP contribution is 2.28. The van der Waals surface area contributed by atoms with E-state index in [0.29, 0.717) is 21.7 Å². The van der Waals surface area contributed by atoms with Crippen LogP contribution in [-0.2, 0) is 0 Å². The molecule has 1 N–H and O–H groups in total. The van der Waals surface area contributed by atoms with Crippen molar-refractivity contribution in [2.45, 2.75) is 6.92 Å². The van der Waals surface area contributed by atoms with Gasteiger partial charge in [0.05, 0.1) is 10.2 Å². The Balaban J connectivity index is 2.60. The third-order valence-corrected chi connectivity index (χ3v) is 3.78. The average Bonchev–Trinajstić information content (AvgIpc) is 2.31. The maximum Gasteiger partial charge on any atom is 0.161 e. The Morgan fingerprint density at radius 3 is 2.50 bits per heavy atom. The first-order chi connectivity index (χ1) is 8.51. The summed E-state index contributed by atoms with van der Waals surface area (Å²) in [5.41, 5.74) is 1.43. The summed E-state index contributed by atoms with van der Waals surface area (Å²) < 4.78 is 14.8. The highest BCUT2D eigenvalue weighted by Gasteiger charge is 2.11. The minimum Gasteiger partial charge on any atom is -0.372 e. The summed E-state index contributed by atoms with van der Waals surface area (Å²) in [7, 11) is 1.78. The number of nitrogens with one attached hydrogen (secondary N) is 1. The fourth-order valence-corrected chi connectivity index (χ4v) is 2.38. The molecule has 0 saturated carbocycles. The zero-order chi connectivity index (χ0) is 13.3. The quantitative estimate of drug-likeness (QED) is 0.857. The molecule has 94 valence electrons. The second kappa shape index (κ2) is 5.32. The van der Waals surface area contributed by atoms with Crippen molar-refractivity contribution in [1.82, 2.24) is 9.97 Å². The van der Waals surface area contributed by atoms with Gasteiger partial charge in [-0.3, -0.25) is 0 Å². The van der Waals surface area contributed by atoms with Crippen molar-refractivity contribution in [1.29, 1.82) is 0 Å². The molecule has 0 saturated heterocycles. The molecule has 1 aromatic heterocycles. The van der Waals surface area contributed by atoms with Gasteiger partial charge in [0, 0.05) is 17.1 Å². The number of benzene rings is 1. The fraction of sp³-hybridized carbons (Fsp3) is 0.167. The van der Waals surface area contributed by atoms with Crippen LogP contribution in [0, 0.1) is 12.7 Å². The average molecular weight is 375 g/mol. The summed E-state index contributed by atoms with van der Waals surface area (Å²) >= 11 is 6.66. The zero-order valence-electron chi connectivity index (χ0n) is 9.76. The number of hydrogen-bond acceptors (Lipinski definition) is 3. The topological polar surface area (TPSA) is 37.8 Å². The third kappa shape index (κ3) is 2.70. The van der Waals surface area contributed by atoms with Crippen molar-refractivity contribution < 1.29 is 4.39 Å². The van der Waals surface area contributed by atoms with E-state index in [1.54, 1.807) is 13.1 Å². The van der Waals surface area contributed by atoms with Gasteiger partial charge in [-0.25, -0.2) is 14.4 Å². The Morgan fingerprint density at radius 2 is 1.89 bits per heavy atom. The van der Waals surface area contributed by atoms with E-state index in [1.165, 1.54) is 12.1 Å². The zero-order valence-corrected chi connectivity index (χ0v) is 12.9. The molecular weight excluding hydrogens is 365 g/mol. The predicted octanol–water partition coefficient (Wildman–Crippen LogP) is 4.16. The van der Waals surface area contributed by atoms with Crippen molar-refractivity contribution in [2.75, 3.05) is 12.4 Å². The van der Waals surface area contributed by atoms with E-state index >= 15 is 0 Å². The number of anilines is 1. The molecule has 0 aliphatic heterocycles. The Hall–Kier alpha value is -1.01. The lowest BCUT2D eigenvalue weighted by Crippen LogP contribution is -2.01. The minimum absolute atomic E-state index is 0.324. The molecule has 0 unspecified atom stereocenters. The van der Waals surface area contributed by atoms with Gasteiger partial charge in [0.15, 0.2) is 5.82 Å². The van der Waals surface area contributed by atoms with E-state index in [-0.39, 0.29) is 5.82 Å². The molecular formula is C12H10Br2FN3. The first-order valence-electron chi connectivity index (χ1n) is 5.19. The van der Waals surface area contributed by atoms with Gasteiger partial charge in [-0.2, -0.15) is 0 Å². The number of nitrogens with zero attached hydrogens (tertiary/aromatic N) is 2. The molecule has 1 heterocycles. The number of aromatic nitrogens is 2. The molecule has 6 heteroatoms. The van der Waals surface area contributed by atoms with Crippen LogP contribution in [0.2, 0.25) is 0 Å². The van der Waals surface area contributed by atoms with E-state index in [2.05, 4.69) is 47.1 Å². The van der Waals surface area contributed by atoms with Gasteiger partial charge in [-0.1, -0.05) is 15.9 Å². The molecule has 0 aliphatic carbocycles. The minimum atomic E-state index is -0.324. The fourth-order valence-electron chi connectivity index (χ4n) is 1.54. The van der Waals surface area contributed by atoms with Crippen LogP contribution >= 0.6 is 31.9 Å². The monoisotopic (exact) mass is 373 g/mol. The summed E-state index contributed by atoms with van der Waals surface area (Å²) in [5, 5.41) is 2.97. The SMILES string of the molecule is CNc1nc(-c2cc(F)cc(Br)c2)nc(C)c1Br. The Labute approximate surface area is 121 Å². The smallest absolute Gasteiger partial charge is 0.161 e. The van der Waals surface area contributed by atoms with Crippen molar-refractivity contribution >= 4 is 37.7 Å². The van der Waals surface area contributed by atoms with Gasteiger partial charge in [0.25, 0.3) is 0 Å². The molecule has 2 rings (SSSR count). The van der Waals surface area contributed by atoms with Crippen molar-refractivity contribution in [2.24, 2.45) is 0 Å². The van der Waals surface area contributed by atoms with E-state index in [0.717, 1.165) is 10.2 Å². The summed E-state index contributed by atoms with van der Waals surface area (Å²) in [6, 6.07) is 4.59. The summed E-state index contributed by atoms with van der Waals surface area (Å²) in [6.07, 6.45) is 0. The Kier molecular flexibility index (Phi) is 3.97. The molecule has 18 heavy (non-hydrogen) atoms. The maximum atomic E-state index is 13.4. The van der Waals surface area contributed by atoms with Crippen molar-refractivity contribution in [3.63, 3.8) is 0 Å². The van der Waals surface area contributed by atoms with Gasteiger partial charge in [-0.15, -0.1) is 0 Å². The lowest BCUT2D eigenvalue weighted by Gasteiger charge is -2.09. The first-order valence-corrected chi connectivity index (χ1v) is 6.78. The largest absolute Gasteiger partial charge is 0.372 e. The molecule has 0 spiro atoms. The lowest BCUT2D eigenvalue weighted by molar-refractivity contribution is 0.627. The van der Waals surface area contributed by atoms with Gasteiger partial charge in [-0.05, 0) is 41.1 Å². The standard InChI is InChI=1S/C12H10Br2FN3/c1-6-10(14)12(16-2)18-11(17-6)7-3-8(13)5-9(15)4-7/h3-5H,1-2H3,(H,16,17,18). The van der Waals surface area contributed by atoms with E-state index in [9.17, 15) is 4.39 Å². The number of aryl methyl sites for hydroxylation is 1. The van der Waals surface area contributed by atoms with Crippen LogP contribution in [0.25, 0.3) is 11.4 Å². The predicted molar refractivity (Wildman–Crippen MR) is 77.1 cm³/mol. The molecule has 3 nitrogen and oxygen atoms in total. The first kappa shape index (κ1) is 13.4. The summed E-state index contributed by atoms with van der Waals surface area (Å²) in [6.45, 7) is 1.87. The Bertz CT molecular complexity index is 582. The second-order valence-corrected chi connectivity index (χ2v) is 5.41. The van der Waals surface area contributed by atoms with Crippen LogP contribution in [0.4, 0.5) is 10.2 Å². The van der Waals surface area contributed by atoms with Gasteiger partial charge in [0.2, 0.25) is 0 Å². The lowest BCUT2D eigenvalue weighted by atomic mass is 10.2.